The first-order valence-corrected chi connectivity index (χ1v) is 9.13. The van der Waals surface area contributed by atoms with Crippen LogP contribution >= 0.6 is 0 Å². The number of aromatic nitrogens is 1. The predicted molar refractivity (Wildman–Crippen MR) is 102 cm³/mol. The Kier molecular flexibility index (Phi) is 4.97. The molecular formula is C20H23N3O5. The van der Waals surface area contributed by atoms with Crippen LogP contribution in [0.3, 0.4) is 0 Å². The maximum Gasteiger partial charge on any atom is 0.326 e. The third kappa shape index (κ3) is 3.26. The zero-order chi connectivity index (χ0) is 20.6. The van der Waals surface area contributed by atoms with Crippen LogP contribution in [-0.4, -0.2) is 51.8 Å². The van der Waals surface area contributed by atoms with Crippen molar-refractivity contribution in [3.05, 3.63) is 35.5 Å². The van der Waals surface area contributed by atoms with E-state index in [0.29, 0.717) is 17.7 Å². The van der Waals surface area contributed by atoms with Crippen LogP contribution in [0.4, 0.5) is 4.79 Å². The first-order valence-electron chi connectivity index (χ1n) is 9.13. The van der Waals surface area contributed by atoms with Crippen molar-refractivity contribution in [3.63, 3.8) is 0 Å². The van der Waals surface area contributed by atoms with Crippen molar-refractivity contribution in [2.75, 3.05) is 6.54 Å². The van der Waals surface area contributed by atoms with E-state index in [1.54, 1.807) is 20.8 Å². The summed E-state index contributed by atoms with van der Waals surface area (Å²) in [6, 6.07) is 6.72. The van der Waals surface area contributed by atoms with Gasteiger partial charge < -0.3 is 15.0 Å². The van der Waals surface area contributed by atoms with Gasteiger partial charge in [-0.25, -0.2) is 4.79 Å². The van der Waals surface area contributed by atoms with Gasteiger partial charge in [-0.3, -0.25) is 19.3 Å². The number of fused-ring (bicyclic) bond motifs is 1. The highest BCUT2D eigenvalue weighted by Crippen LogP contribution is 2.24. The molecule has 0 bridgehead atoms. The Bertz CT molecular complexity index is 979. The molecule has 1 saturated heterocycles. The van der Waals surface area contributed by atoms with Crippen molar-refractivity contribution < 1.29 is 23.9 Å². The minimum absolute atomic E-state index is 0.348. The standard InChI is InChI=1S/C20H23N3O5/c1-5-20(4)18(26)23(19(27)22-20)10-15(24)28-12(3)17(25)16-11(2)21-14-9-7-6-8-13(14)16/h6-9,12,21H,5,10H2,1-4H3,(H,22,27)/t12-,20+/m1/s1. The van der Waals surface area contributed by atoms with Gasteiger partial charge in [-0.2, -0.15) is 0 Å². The van der Waals surface area contributed by atoms with Gasteiger partial charge in [-0.05, 0) is 33.3 Å². The van der Waals surface area contributed by atoms with Gasteiger partial charge in [0.15, 0.2) is 6.10 Å². The zero-order valence-corrected chi connectivity index (χ0v) is 16.3. The number of imide groups is 1. The third-order valence-electron chi connectivity index (χ3n) is 5.16. The number of amides is 3. The van der Waals surface area contributed by atoms with Crippen molar-refractivity contribution in [2.24, 2.45) is 0 Å². The highest BCUT2D eigenvalue weighted by atomic mass is 16.5. The van der Waals surface area contributed by atoms with E-state index >= 15 is 0 Å². The monoisotopic (exact) mass is 385 g/mol. The Morgan fingerprint density at radius 1 is 1.25 bits per heavy atom. The number of ketones is 1. The molecule has 2 atom stereocenters. The van der Waals surface area contributed by atoms with Crippen molar-refractivity contribution in [1.29, 1.82) is 0 Å². The summed E-state index contributed by atoms with van der Waals surface area (Å²) in [5, 5.41) is 3.32. The molecule has 1 aliphatic rings. The van der Waals surface area contributed by atoms with Crippen molar-refractivity contribution in [2.45, 2.75) is 45.8 Å². The molecule has 1 aromatic heterocycles. The Balaban J connectivity index is 1.71. The lowest BCUT2D eigenvalue weighted by molar-refractivity contribution is -0.149. The number of aryl methyl sites for hydroxylation is 1. The maximum absolute atomic E-state index is 12.8. The molecule has 1 aliphatic heterocycles. The number of rotatable bonds is 6. The fourth-order valence-corrected chi connectivity index (χ4v) is 3.34. The number of hydrogen-bond donors (Lipinski definition) is 2. The Hall–Kier alpha value is -3.16. The molecule has 148 valence electrons. The minimum atomic E-state index is -1.05. The molecule has 0 radical (unpaired) electrons. The highest BCUT2D eigenvalue weighted by Gasteiger charge is 2.47. The minimum Gasteiger partial charge on any atom is -0.453 e. The molecular weight excluding hydrogens is 362 g/mol. The smallest absolute Gasteiger partial charge is 0.326 e. The highest BCUT2D eigenvalue weighted by molar-refractivity contribution is 6.12. The Morgan fingerprint density at radius 3 is 2.57 bits per heavy atom. The molecule has 2 N–H and O–H groups in total. The fraction of sp³-hybridized carbons (Fsp3) is 0.400. The van der Waals surface area contributed by atoms with Crippen LogP contribution in [0.1, 0.15) is 43.2 Å². The van der Waals surface area contributed by atoms with E-state index in [2.05, 4.69) is 10.3 Å². The molecule has 8 heteroatoms. The summed E-state index contributed by atoms with van der Waals surface area (Å²) in [5.74, 6) is -1.65. The number of nitrogens with zero attached hydrogens (tertiary/aromatic N) is 1. The molecule has 2 heterocycles. The fourth-order valence-electron chi connectivity index (χ4n) is 3.34. The SMILES string of the molecule is CC[C@]1(C)NC(=O)N(CC(=O)O[C@H](C)C(=O)c2c(C)[nH]c3ccccc23)C1=O. The van der Waals surface area contributed by atoms with Crippen LogP contribution in [-0.2, 0) is 14.3 Å². The normalized spacial score (nSPS) is 20.4. The number of ether oxygens (including phenoxy) is 1. The summed E-state index contributed by atoms with van der Waals surface area (Å²) in [7, 11) is 0. The number of para-hydroxylation sites is 1. The first-order chi connectivity index (χ1) is 13.2. The van der Waals surface area contributed by atoms with Gasteiger partial charge >= 0.3 is 12.0 Å². The van der Waals surface area contributed by atoms with Crippen LogP contribution in [0.5, 0.6) is 0 Å². The van der Waals surface area contributed by atoms with E-state index in [1.165, 1.54) is 6.92 Å². The summed E-state index contributed by atoms with van der Waals surface area (Å²) < 4.78 is 5.22. The second kappa shape index (κ2) is 7.10. The van der Waals surface area contributed by atoms with Gasteiger partial charge in [0.2, 0.25) is 5.78 Å². The summed E-state index contributed by atoms with van der Waals surface area (Å²) >= 11 is 0. The van der Waals surface area contributed by atoms with E-state index < -0.39 is 36.1 Å². The largest absolute Gasteiger partial charge is 0.453 e. The van der Waals surface area contributed by atoms with Gasteiger partial charge in [0.1, 0.15) is 12.1 Å². The van der Waals surface area contributed by atoms with Gasteiger partial charge in [0.05, 0.1) is 0 Å². The lowest BCUT2D eigenvalue weighted by Gasteiger charge is -2.19. The summed E-state index contributed by atoms with van der Waals surface area (Å²) in [4.78, 5) is 53.4. The molecule has 8 nitrogen and oxygen atoms in total. The number of Topliss-reactive ketones (excluding diaryl/α,β-unsaturated/α-hetero) is 1. The molecule has 3 amide bonds. The van der Waals surface area contributed by atoms with E-state index in [4.69, 9.17) is 4.74 Å². The summed E-state index contributed by atoms with van der Waals surface area (Å²) in [6.45, 7) is 6.09. The van der Waals surface area contributed by atoms with Gasteiger partial charge in [-0.15, -0.1) is 0 Å². The average molecular weight is 385 g/mol. The van der Waals surface area contributed by atoms with Gasteiger partial charge in [0.25, 0.3) is 5.91 Å². The van der Waals surface area contributed by atoms with Crippen molar-refractivity contribution in [1.82, 2.24) is 15.2 Å². The topological polar surface area (TPSA) is 109 Å². The van der Waals surface area contributed by atoms with Crippen LogP contribution in [0.25, 0.3) is 10.9 Å². The molecule has 1 aromatic carbocycles. The van der Waals surface area contributed by atoms with E-state index in [-0.39, 0.29) is 5.78 Å². The van der Waals surface area contributed by atoms with E-state index in [9.17, 15) is 19.2 Å². The quantitative estimate of drug-likeness (QED) is 0.451. The summed E-state index contributed by atoms with van der Waals surface area (Å²) in [6.07, 6.45) is -0.651. The number of aromatic amines is 1. The molecule has 1 fully saturated rings. The van der Waals surface area contributed by atoms with Crippen LogP contribution in [0, 0.1) is 6.92 Å². The third-order valence-corrected chi connectivity index (χ3v) is 5.16. The second-order valence-electron chi connectivity index (χ2n) is 7.17. The number of nitrogens with one attached hydrogen (secondary N) is 2. The van der Waals surface area contributed by atoms with Crippen LogP contribution < -0.4 is 5.32 Å². The van der Waals surface area contributed by atoms with E-state index in [0.717, 1.165) is 15.8 Å². The number of H-pyrrole nitrogens is 1. The summed E-state index contributed by atoms with van der Waals surface area (Å²) in [5.41, 5.74) is 0.936. The number of hydrogen-bond acceptors (Lipinski definition) is 5. The maximum atomic E-state index is 12.8. The van der Waals surface area contributed by atoms with Crippen LogP contribution in [0.15, 0.2) is 24.3 Å². The number of benzene rings is 1. The Labute approximate surface area is 162 Å². The van der Waals surface area contributed by atoms with Crippen LogP contribution in [0.2, 0.25) is 0 Å². The number of esters is 1. The molecule has 2 aromatic rings. The first kappa shape index (κ1) is 19.6. The average Bonchev–Trinajstić information content (AvgIpc) is 3.09. The molecule has 0 saturated carbocycles. The second-order valence-corrected chi connectivity index (χ2v) is 7.17. The molecule has 3 rings (SSSR count). The zero-order valence-electron chi connectivity index (χ0n) is 16.3. The number of urea groups is 1. The van der Waals surface area contributed by atoms with Crippen molar-refractivity contribution in [3.8, 4) is 0 Å². The molecule has 0 aliphatic carbocycles. The lowest BCUT2D eigenvalue weighted by atomic mass is 9.99. The van der Waals surface area contributed by atoms with E-state index in [1.807, 2.05) is 24.3 Å². The predicted octanol–water partition coefficient (Wildman–Crippen LogP) is 2.31. The van der Waals surface area contributed by atoms with Crippen molar-refractivity contribution >= 4 is 34.6 Å². The van der Waals surface area contributed by atoms with Gasteiger partial charge in [0, 0.05) is 22.2 Å². The molecule has 28 heavy (non-hydrogen) atoms. The Morgan fingerprint density at radius 2 is 1.93 bits per heavy atom. The number of carbonyl (C=O) groups is 4. The number of carbonyl (C=O) groups excluding carboxylic acids is 4. The lowest BCUT2D eigenvalue weighted by Crippen LogP contribution is -2.43. The molecule has 0 unspecified atom stereocenters. The molecule has 0 spiro atoms. The van der Waals surface area contributed by atoms with Gasteiger partial charge in [-0.1, -0.05) is 25.1 Å².